The molecule has 3 saturated heterocycles. The molecular formula is C45H68N6O12. The minimum absolute atomic E-state index is 0.00286. The van der Waals surface area contributed by atoms with Crippen molar-refractivity contribution in [2.75, 3.05) is 112 Å². The van der Waals surface area contributed by atoms with Crippen molar-refractivity contribution in [2.24, 2.45) is 0 Å². The van der Waals surface area contributed by atoms with Crippen LogP contribution in [0.15, 0.2) is 48.5 Å². The molecule has 0 saturated carbocycles. The van der Waals surface area contributed by atoms with Gasteiger partial charge in [-0.05, 0) is 74.9 Å². The SMILES string of the molecule is CC1(C)CC[C@@H](COC(=O)CCc2ccc(OC[C@@H](O)CN(CCNC(=O)N3CCOCC3)C(=O)CCc3ccc(OC[C@@H](O)CNCCNC(=O)N4CCOCC4)cc3)cc2)O1. The average Bonchev–Trinajstić information content (AvgIpc) is 3.66. The number of benzene rings is 2. The van der Waals surface area contributed by atoms with E-state index >= 15 is 0 Å². The van der Waals surface area contributed by atoms with Gasteiger partial charge < -0.3 is 69.3 Å². The zero-order chi connectivity index (χ0) is 44.9. The fourth-order valence-electron chi connectivity index (χ4n) is 7.26. The second-order valence-corrected chi connectivity index (χ2v) is 16.6. The molecule has 18 heteroatoms. The Hall–Kier alpha value is -4.72. The van der Waals surface area contributed by atoms with Gasteiger partial charge in [-0.3, -0.25) is 9.59 Å². The van der Waals surface area contributed by atoms with E-state index < -0.39 is 12.2 Å². The Bertz CT molecular complexity index is 1690. The zero-order valence-electron chi connectivity index (χ0n) is 36.9. The summed E-state index contributed by atoms with van der Waals surface area (Å²) >= 11 is 0. The fraction of sp³-hybridized carbons (Fsp3) is 0.644. The first-order valence-corrected chi connectivity index (χ1v) is 22.2. The third-order valence-electron chi connectivity index (χ3n) is 11.0. The van der Waals surface area contributed by atoms with E-state index in [0.717, 1.165) is 24.0 Å². The van der Waals surface area contributed by atoms with Crippen LogP contribution in [0.2, 0.25) is 0 Å². The molecule has 5 rings (SSSR count). The summed E-state index contributed by atoms with van der Waals surface area (Å²) in [5, 5.41) is 30.2. The molecular weight excluding hydrogens is 817 g/mol. The van der Waals surface area contributed by atoms with Crippen LogP contribution in [0.25, 0.3) is 0 Å². The molecule has 2 aromatic carbocycles. The lowest BCUT2D eigenvalue weighted by molar-refractivity contribution is -0.149. The number of esters is 1. The highest BCUT2D eigenvalue weighted by atomic mass is 16.6. The first-order chi connectivity index (χ1) is 30.4. The first kappa shape index (κ1) is 49.3. The van der Waals surface area contributed by atoms with Gasteiger partial charge in [0.1, 0.15) is 43.5 Å². The van der Waals surface area contributed by atoms with Crippen LogP contribution < -0.4 is 25.4 Å². The summed E-state index contributed by atoms with van der Waals surface area (Å²) in [6, 6.07) is 14.2. The van der Waals surface area contributed by atoms with Crippen LogP contribution in [0, 0.1) is 0 Å². The Labute approximate surface area is 370 Å². The van der Waals surface area contributed by atoms with Gasteiger partial charge in [0.15, 0.2) is 0 Å². The normalized spacial score (nSPS) is 18.3. The Morgan fingerprint density at radius 1 is 0.762 bits per heavy atom. The Kier molecular flexibility index (Phi) is 20.5. The van der Waals surface area contributed by atoms with E-state index in [1.54, 1.807) is 39.0 Å². The van der Waals surface area contributed by atoms with Crippen LogP contribution in [0.3, 0.4) is 0 Å². The Balaban J connectivity index is 1.01. The minimum Gasteiger partial charge on any atom is -0.491 e. The van der Waals surface area contributed by atoms with E-state index in [9.17, 15) is 29.4 Å². The number of carbonyl (C=O) groups excluding carboxylic acids is 4. The van der Waals surface area contributed by atoms with Gasteiger partial charge in [-0.2, -0.15) is 0 Å². The van der Waals surface area contributed by atoms with Gasteiger partial charge >= 0.3 is 18.0 Å². The van der Waals surface area contributed by atoms with Crippen molar-refractivity contribution >= 4 is 23.9 Å². The predicted molar refractivity (Wildman–Crippen MR) is 233 cm³/mol. The van der Waals surface area contributed by atoms with Gasteiger partial charge in [0, 0.05) is 78.3 Å². The molecule has 0 radical (unpaired) electrons. The van der Waals surface area contributed by atoms with Crippen molar-refractivity contribution in [3.05, 3.63) is 59.7 Å². The van der Waals surface area contributed by atoms with Crippen LogP contribution in [0.4, 0.5) is 9.59 Å². The van der Waals surface area contributed by atoms with Crippen LogP contribution in [-0.2, 0) is 41.4 Å². The number of rotatable bonds is 24. The maximum Gasteiger partial charge on any atom is 0.317 e. The summed E-state index contributed by atoms with van der Waals surface area (Å²) in [4.78, 5) is 55.7. The third-order valence-corrected chi connectivity index (χ3v) is 11.0. The van der Waals surface area contributed by atoms with Crippen molar-refractivity contribution < 1.29 is 57.8 Å². The summed E-state index contributed by atoms with van der Waals surface area (Å²) in [6.45, 7) is 10.2. The highest BCUT2D eigenvalue weighted by molar-refractivity contribution is 5.77. The predicted octanol–water partition coefficient (Wildman–Crippen LogP) is 1.73. The number of aliphatic hydroxyl groups is 2. The molecule has 0 unspecified atom stereocenters. The van der Waals surface area contributed by atoms with Gasteiger partial charge in [0.2, 0.25) is 5.91 Å². The summed E-state index contributed by atoms with van der Waals surface area (Å²) in [5.74, 6) is 0.659. The van der Waals surface area contributed by atoms with Crippen LogP contribution >= 0.6 is 0 Å². The topological polar surface area (TPSA) is 210 Å². The fourth-order valence-corrected chi connectivity index (χ4v) is 7.26. The molecule has 0 aliphatic carbocycles. The average molecular weight is 885 g/mol. The van der Waals surface area contributed by atoms with Crippen molar-refractivity contribution in [3.63, 3.8) is 0 Å². The monoisotopic (exact) mass is 884 g/mol. The van der Waals surface area contributed by atoms with Crippen molar-refractivity contribution in [1.29, 1.82) is 0 Å². The molecule has 0 aromatic heterocycles. The molecule has 2 aromatic rings. The van der Waals surface area contributed by atoms with E-state index in [0.29, 0.717) is 96.6 Å². The zero-order valence-corrected chi connectivity index (χ0v) is 36.9. The molecule has 3 heterocycles. The Morgan fingerprint density at radius 3 is 1.86 bits per heavy atom. The number of morpholine rings is 2. The molecule has 350 valence electrons. The summed E-state index contributed by atoms with van der Waals surface area (Å²) in [5.41, 5.74) is 1.67. The number of aliphatic hydroxyl groups excluding tert-OH is 2. The Morgan fingerprint density at radius 2 is 1.30 bits per heavy atom. The van der Waals surface area contributed by atoms with Gasteiger partial charge in [0.05, 0.1) is 38.1 Å². The minimum atomic E-state index is -1.00. The smallest absolute Gasteiger partial charge is 0.317 e. The van der Waals surface area contributed by atoms with Crippen LogP contribution in [-0.4, -0.2) is 184 Å². The second-order valence-electron chi connectivity index (χ2n) is 16.6. The van der Waals surface area contributed by atoms with Gasteiger partial charge in [0.25, 0.3) is 0 Å². The number of carbonyl (C=O) groups is 4. The van der Waals surface area contributed by atoms with E-state index in [1.165, 1.54) is 0 Å². The van der Waals surface area contributed by atoms with Crippen LogP contribution in [0.5, 0.6) is 11.5 Å². The van der Waals surface area contributed by atoms with Crippen molar-refractivity contribution in [1.82, 2.24) is 30.7 Å². The van der Waals surface area contributed by atoms with Gasteiger partial charge in [-0.15, -0.1) is 0 Å². The number of aryl methyl sites for hydroxylation is 2. The van der Waals surface area contributed by atoms with Gasteiger partial charge in [-0.1, -0.05) is 24.3 Å². The van der Waals surface area contributed by atoms with E-state index in [-0.39, 0.29) is 87.9 Å². The number of urea groups is 2. The van der Waals surface area contributed by atoms with E-state index in [4.69, 9.17) is 28.4 Å². The maximum atomic E-state index is 13.6. The van der Waals surface area contributed by atoms with Gasteiger partial charge in [-0.25, -0.2) is 9.59 Å². The first-order valence-electron chi connectivity index (χ1n) is 22.2. The maximum absolute atomic E-state index is 13.6. The van der Waals surface area contributed by atoms with Crippen LogP contribution in [0.1, 0.15) is 50.7 Å². The number of amides is 5. The molecule has 3 atom stereocenters. The summed E-state index contributed by atoms with van der Waals surface area (Å²) < 4.78 is 33.6. The number of nitrogens with one attached hydrogen (secondary N) is 3. The standard InChI is InChI=1S/C45H68N6O12/c1-45(2)16-15-40(63-45)33-62-42(55)14-8-35-5-11-39(12-6-35)61-32-37(53)30-51(20-19-48-44(57)50-23-27-59-28-24-50)41(54)13-7-34-3-9-38(10-4-34)60-31-36(52)29-46-17-18-47-43(56)49-21-25-58-26-22-49/h3-6,9-12,36-37,40,46,52-53H,7-8,13-33H2,1-2H3,(H,47,56)(H,48,57)/t36-,37-,40-/m0/s1. The molecule has 3 aliphatic rings. The lowest BCUT2D eigenvalue weighted by atomic mass is 10.1. The molecule has 0 bridgehead atoms. The molecule has 5 N–H and O–H groups in total. The van der Waals surface area contributed by atoms with E-state index in [1.807, 2.05) is 38.1 Å². The third kappa shape index (κ3) is 18.5. The molecule has 0 spiro atoms. The lowest BCUT2D eigenvalue weighted by Gasteiger charge is -2.29. The largest absolute Gasteiger partial charge is 0.491 e. The molecule has 63 heavy (non-hydrogen) atoms. The summed E-state index contributed by atoms with van der Waals surface area (Å²) in [7, 11) is 0. The number of hydrogen-bond donors (Lipinski definition) is 5. The molecule has 3 fully saturated rings. The number of hydrogen-bond acceptors (Lipinski definition) is 13. The van der Waals surface area contributed by atoms with Crippen molar-refractivity contribution in [2.45, 2.75) is 76.3 Å². The quantitative estimate of drug-likeness (QED) is 0.0753. The molecule has 3 aliphatic heterocycles. The second kappa shape index (κ2) is 26.2. The molecule has 18 nitrogen and oxygen atoms in total. The number of ether oxygens (including phenoxy) is 6. The highest BCUT2D eigenvalue weighted by Gasteiger charge is 2.32. The van der Waals surface area contributed by atoms with Crippen molar-refractivity contribution in [3.8, 4) is 11.5 Å². The van der Waals surface area contributed by atoms with E-state index in [2.05, 4.69) is 16.0 Å². The molecule has 5 amide bonds. The highest BCUT2D eigenvalue weighted by Crippen LogP contribution is 2.29. The lowest BCUT2D eigenvalue weighted by Crippen LogP contribution is -2.49. The summed E-state index contributed by atoms with van der Waals surface area (Å²) in [6.07, 6.45) is 1.37. The number of nitrogens with zero attached hydrogens (tertiary/aromatic N) is 3.